The van der Waals surface area contributed by atoms with Crippen molar-refractivity contribution in [3.05, 3.63) is 59.7 Å². The van der Waals surface area contributed by atoms with Gasteiger partial charge in [-0.05, 0) is 61.4 Å². The Bertz CT molecular complexity index is 1020. The molecule has 9 heteroatoms. The van der Waals surface area contributed by atoms with Crippen LogP contribution in [0.5, 0.6) is 5.75 Å². The largest absolute Gasteiger partial charge is 0.494 e. The van der Waals surface area contributed by atoms with Crippen molar-refractivity contribution in [3.63, 3.8) is 0 Å². The van der Waals surface area contributed by atoms with Crippen molar-refractivity contribution in [2.45, 2.75) is 25.7 Å². The molecule has 1 N–H and O–H groups in total. The summed E-state index contributed by atoms with van der Waals surface area (Å²) in [5.41, 5.74) is 1.35. The fourth-order valence-corrected chi connectivity index (χ4v) is 3.15. The summed E-state index contributed by atoms with van der Waals surface area (Å²) in [4.78, 5) is 37.8. The van der Waals surface area contributed by atoms with Crippen LogP contribution in [0.4, 0.5) is 5.69 Å². The van der Waals surface area contributed by atoms with Gasteiger partial charge in [0.05, 0.1) is 18.0 Å². The number of carbonyl (C=O) groups is 2. The molecule has 158 valence electrons. The van der Waals surface area contributed by atoms with Gasteiger partial charge in [0.2, 0.25) is 6.08 Å². The van der Waals surface area contributed by atoms with Crippen molar-refractivity contribution in [2.24, 2.45) is 4.99 Å². The molecule has 0 aromatic heterocycles. The molecular weight excluding hydrogens is 410 g/mol. The highest BCUT2D eigenvalue weighted by molar-refractivity contribution is 7.85. The van der Waals surface area contributed by atoms with Crippen molar-refractivity contribution in [3.8, 4) is 5.75 Å². The number of hydrogen-bond donors (Lipinski definition) is 1. The van der Waals surface area contributed by atoms with E-state index in [-0.39, 0.29) is 30.8 Å². The first-order chi connectivity index (χ1) is 14.3. The molecule has 0 saturated carbocycles. The second kappa shape index (κ2) is 11.2. The lowest BCUT2D eigenvalue weighted by Gasteiger charge is -2.07. The summed E-state index contributed by atoms with van der Waals surface area (Å²) in [6.45, 7) is 0.302. The average molecular weight is 431 g/mol. The number of nitrogens with zero attached hydrogens (tertiary/aromatic N) is 1. The Balaban J connectivity index is 1.77. The maximum absolute atomic E-state index is 12.5. The van der Waals surface area contributed by atoms with Crippen LogP contribution in [0, 0.1) is 0 Å². The van der Waals surface area contributed by atoms with E-state index in [0.717, 1.165) is 0 Å². The minimum Gasteiger partial charge on any atom is -0.494 e. The zero-order valence-electron chi connectivity index (χ0n) is 16.1. The predicted octanol–water partition coefficient (Wildman–Crippen LogP) is 3.28. The van der Waals surface area contributed by atoms with Gasteiger partial charge in [-0.2, -0.15) is 13.4 Å². The van der Waals surface area contributed by atoms with Gasteiger partial charge in [0.1, 0.15) is 11.5 Å². The highest BCUT2D eigenvalue weighted by Crippen LogP contribution is 2.18. The molecule has 2 rings (SSSR count). The second-order valence-corrected chi connectivity index (χ2v) is 8.06. The van der Waals surface area contributed by atoms with Gasteiger partial charge in [-0.3, -0.25) is 14.1 Å². The van der Waals surface area contributed by atoms with Crippen molar-refractivity contribution in [1.29, 1.82) is 0 Å². The van der Waals surface area contributed by atoms with Gasteiger partial charge in [0.25, 0.3) is 10.1 Å². The molecular formula is C21H21NO7S. The Kier molecular flexibility index (Phi) is 8.61. The lowest BCUT2D eigenvalue weighted by atomic mass is 10.0. The third-order valence-electron chi connectivity index (χ3n) is 4.15. The number of carbonyl (C=O) groups excluding carboxylic acids is 3. The van der Waals surface area contributed by atoms with E-state index in [9.17, 15) is 22.8 Å². The van der Waals surface area contributed by atoms with Crippen molar-refractivity contribution in [1.82, 2.24) is 0 Å². The number of aliphatic imine (C=N–C) groups is 1. The van der Waals surface area contributed by atoms with Gasteiger partial charge in [-0.15, -0.1) is 0 Å². The Hall–Kier alpha value is -3.13. The zero-order chi connectivity index (χ0) is 22.0. The number of rotatable bonds is 12. The van der Waals surface area contributed by atoms with Gasteiger partial charge >= 0.3 is 0 Å². The molecule has 0 spiro atoms. The topological polar surface area (TPSA) is 127 Å². The van der Waals surface area contributed by atoms with Gasteiger partial charge in [0.15, 0.2) is 5.78 Å². The van der Waals surface area contributed by atoms with E-state index >= 15 is 0 Å². The van der Waals surface area contributed by atoms with E-state index in [2.05, 4.69) is 4.99 Å². The maximum atomic E-state index is 12.5. The summed E-state index contributed by atoms with van der Waals surface area (Å²) in [7, 11) is -4.03. The zero-order valence-corrected chi connectivity index (χ0v) is 16.9. The Labute approximate surface area is 174 Å². The van der Waals surface area contributed by atoms with Gasteiger partial charge in [0, 0.05) is 24.0 Å². The van der Waals surface area contributed by atoms with Crippen molar-refractivity contribution >= 4 is 33.5 Å². The molecule has 0 radical (unpaired) electrons. The highest BCUT2D eigenvalue weighted by atomic mass is 32.2. The predicted molar refractivity (Wildman–Crippen MR) is 109 cm³/mol. The van der Waals surface area contributed by atoms with E-state index in [1.165, 1.54) is 6.08 Å². The molecule has 30 heavy (non-hydrogen) atoms. The Morgan fingerprint density at radius 1 is 0.933 bits per heavy atom. The number of ether oxygens (including phenoxy) is 1. The minimum absolute atomic E-state index is 0.0898. The van der Waals surface area contributed by atoms with E-state index < -0.39 is 15.9 Å². The van der Waals surface area contributed by atoms with Crippen LogP contribution in [0.15, 0.2) is 53.5 Å². The summed E-state index contributed by atoms with van der Waals surface area (Å²) in [6, 6.07) is 12.9. The summed E-state index contributed by atoms with van der Waals surface area (Å²) in [5, 5.41) is 0. The molecule has 2 aromatic rings. The van der Waals surface area contributed by atoms with Crippen LogP contribution in [0.25, 0.3) is 0 Å². The Morgan fingerprint density at radius 2 is 1.50 bits per heavy atom. The third kappa shape index (κ3) is 8.08. The lowest BCUT2D eigenvalue weighted by molar-refractivity contribution is -0.119. The molecule has 0 unspecified atom stereocenters. The van der Waals surface area contributed by atoms with Crippen LogP contribution < -0.4 is 4.74 Å². The van der Waals surface area contributed by atoms with E-state index in [4.69, 9.17) is 9.29 Å². The molecule has 0 atom stereocenters. The van der Waals surface area contributed by atoms with Crippen LogP contribution in [-0.4, -0.2) is 43.0 Å². The monoisotopic (exact) mass is 431 g/mol. The van der Waals surface area contributed by atoms with E-state index in [0.29, 0.717) is 35.6 Å². The van der Waals surface area contributed by atoms with Gasteiger partial charge in [-0.25, -0.2) is 4.79 Å². The molecule has 0 saturated heterocycles. The maximum Gasteiger partial charge on any atom is 0.264 e. The second-order valence-electron chi connectivity index (χ2n) is 6.48. The van der Waals surface area contributed by atoms with E-state index in [1.807, 2.05) is 0 Å². The van der Waals surface area contributed by atoms with Crippen molar-refractivity contribution < 1.29 is 32.1 Å². The molecule has 0 amide bonds. The molecule has 0 fully saturated rings. The number of benzene rings is 2. The molecule has 0 aliphatic heterocycles. The quantitative estimate of drug-likeness (QED) is 0.180. The number of isocyanates is 1. The first kappa shape index (κ1) is 23.2. The van der Waals surface area contributed by atoms with Crippen LogP contribution in [0.1, 0.15) is 41.6 Å². The van der Waals surface area contributed by atoms with Crippen LogP contribution >= 0.6 is 0 Å². The summed E-state index contributed by atoms with van der Waals surface area (Å²) >= 11 is 0. The summed E-state index contributed by atoms with van der Waals surface area (Å²) in [5.74, 6) is -0.135. The molecule has 0 aliphatic rings. The SMILES string of the molecule is O=C=Nc1ccc(C(=O)c2ccc(OCCCC(=O)CCCS(=O)(=O)O)cc2)cc1. The highest BCUT2D eigenvalue weighted by Gasteiger charge is 2.10. The molecule has 2 aromatic carbocycles. The standard InChI is InChI=1S/C21H21NO7S/c23-15-22-18-9-5-16(6-10-18)21(25)17-7-11-20(12-8-17)29-13-1-3-19(24)4-2-14-30(26,27)28/h5-12H,1-4,13-14H2,(H,26,27,28). The van der Waals surface area contributed by atoms with E-state index in [1.54, 1.807) is 48.5 Å². The van der Waals surface area contributed by atoms with Crippen LogP contribution in [-0.2, 0) is 19.7 Å². The fraction of sp³-hybridized carbons (Fsp3) is 0.286. The summed E-state index contributed by atoms with van der Waals surface area (Å²) < 4.78 is 35.4. The first-order valence-electron chi connectivity index (χ1n) is 9.21. The summed E-state index contributed by atoms with van der Waals surface area (Å²) in [6.07, 6.45) is 2.36. The number of ketones is 2. The van der Waals surface area contributed by atoms with Crippen LogP contribution in [0.2, 0.25) is 0 Å². The average Bonchev–Trinajstić information content (AvgIpc) is 2.71. The molecule has 8 nitrogen and oxygen atoms in total. The number of hydrogen-bond acceptors (Lipinski definition) is 7. The van der Waals surface area contributed by atoms with Gasteiger partial charge in [-0.1, -0.05) is 0 Å². The number of Topliss-reactive ketones (excluding diaryl/α,β-unsaturated/α-hetero) is 1. The Morgan fingerprint density at radius 3 is 2.07 bits per heavy atom. The normalized spacial score (nSPS) is 10.8. The molecule has 0 bridgehead atoms. The first-order valence-corrected chi connectivity index (χ1v) is 10.8. The third-order valence-corrected chi connectivity index (χ3v) is 4.95. The lowest BCUT2D eigenvalue weighted by Crippen LogP contribution is -2.08. The van der Waals surface area contributed by atoms with Crippen LogP contribution in [0.3, 0.4) is 0 Å². The minimum atomic E-state index is -4.03. The van der Waals surface area contributed by atoms with Gasteiger partial charge < -0.3 is 4.74 Å². The fourth-order valence-electron chi connectivity index (χ4n) is 2.65. The molecule has 0 heterocycles. The van der Waals surface area contributed by atoms with Crippen molar-refractivity contribution in [2.75, 3.05) is 12.4 Å². The molecule has 0 aliphatic carbocycles. The smallest absolute Gasteiger partial charge is 0.264 e.